The third-order valence-electron chi connectivity index (χ3n) is 4.56. The van der Waals surface area contributed by atoms with Crippen molar-refractivity contribution >= 4 is 21.8 Å². The maximum Gasteiger partial charge on any atom is 0.263 e. The number of amidine groups is 1. The highest BCUT2D eigenvalue weighted by atomic mass is 32.2. The van der Waals surface area contributed by atoms with Gasteiger partial charge in [0.1, 0.15) is 11.9 Å². The Morgan fingerprint density at radius 1 is 1.33 bits per heavy atom. The van der Waals surface area contributed by atoms with Crippen LogP contribution in [0.3, 0.4) is 0 Å². The molecule has 0 spiro atoms. The van der Waals surface area contributed by atoms with Crippen LogP contribution in [0.1, 0.15) is 25.3 Å². The lowest BCUT2D eigenvalue weighted by Crippen LogP contribution is -2.46. The molecule has 1 unspecified atom stereocenters. The lowest BCUT2D eigenvalue weighted by molar-refractivity contribution is -0.133. The van der Waals surface area contributed by atoms with Gasteiger partial charge in [0.2, 0.25) is 5.91 Å². The summed E-state index contributed by atoms with van der Waals surface area (Å²) in [6.45, 7) is 3.10. The molecule has 1 saturated heterocycles. The molecule has 0 aliphatic carbocycles. The van der Waals surface area contributed by atoms with Crippen LogP contribution in [0, 0.1) is 0 Å². The third kappa shape index (κ3) is 3.16. The highest BCUT2D eigenvalue weighted by Crippen LogP contribution is 2.23. The Morgan fingerprint density at radius 3 is 2.67 bits per heavy atom. The minimum Gasteiger partial charge on any atom is -0.341 e. The van der Waals surface area contributed by atoms with Crippen LogP contribution in [-0.2, 0) is 14.8 Å². The van der Waals surface area contributed by atoms with Gasteiger partial charge in [0.25, 0.3) is 10.0 Å². The molecule has 2 heterocycles. The second-order valence-corrected chi connectivity index (χ2v) is 7.79. The van der Waals surface area contributed by atoms with Gasteiger partial charge in [-0.2, -0.15) is 0 Å². The van der Waals surface area contributed by atoms with E-state index in [4.69, 9.17) is 0 Å². The predicted molar refractivity (Wildman–Crippen MR) is 91.4 cm³/mol. The van der Waals surface area contributed by atoms with Gasteiger partial charge in [-0.3, -0.25) is 14.5 Å². The second kappa shape index (κ2) is 6.52. The Hall–Kier alpha value is -1.93. The van der Waals surface area contributed by atoms with E-state index in [1.807, 2.05) is 7.05 Å². The Kier molecular flexibility index (Phi) is 4.60. The number of rotatable bonds is 3. The van der Waals surface area contributed by atoms with Crippen LogP contribution in [0.2, 0.25) is 0 Å². The number of likely N-dealkylation sites (tertiary alicyclic amines) is 1. The molecule has 2 aliphatic heterocycles. The van der Waals surface area contributed by atoms with Crippen molar-refractivity contribution in [3.8, 4) is 0 Å². The van der Waals surface area contributed by atoms with Gasteiger partial charge in [-0.25, -0.2) is 8.42 Å². The third-order valence-corrected chi connectivity index (χ3v) is 5.95. The smallest absolute Gasteiger partial charge is 0.263 e. The van der Waals surface area contributed by atoms with Gasteiger partial charge in [-0.1, -0.05) is 12.1 Å². The minimum atomic E-state index is -3.58. The molecule has 1 fully saturated rings. The number of piperidine rings is 1. The van der Waals surface area contributed by atoms with Crippen LogP contribution >= 0.6 is 0 Å². The molecule has 0 radical (unpaired) electrons. The van der Waals surface area contributed by atoms with Crippen molar-refractivity contribution in [2.75, 3.05) is 20.1 Å². The number of sulfonamides is 1. The maximum atomic E-state index is 12.6. The first-order valence-corrected chi connectivity index (χ1v) is 9.57. The van der Waals surface area contributed by atoms with Gasteiger partial charge in [0.05, 0.1) is 4.90 Å². The van der Waals surface area contributed by atoms with E-state index < -0.39 is 16.1 Å². The van der Waals surface area contributed by atoms with Gasteiger partial charge in [-0.05, 0) is 38.9 Å². The molecule has 8 heteroatoms. The number of amides is 1. The zero-order valence-electron chi connectivity index (χ0n) is 13.8. The Balaban J connectivity index is 1.76. The van der Waals surface area contributed by atoms with E-state index in [2.05, 4.69) is 15.0 Å². The zero-order valence-corrected chi connectivity index (χ0v) is 14.6. The number of fused-ring (bicyclic) bond motifs is 1. The Labute approximate surface area is 142 Å². The molecule has 2 N–H and O–H groups in total. The van der Waals surface area contributed by atoms with Crippen molar-refractivity contribution in [3.05, 3.63) is 29.8 Å². The first-order valence-electron chi connectivity index (χ1n) is 8.08. The quantitative estimate of drug-likeness (QED) is 0.822. The average Bonchev–Trinajstić information content (AvgIpc) is 2.85. The van der Waals surface area contributed by atoms with E-state index in [1.165, 1.54) is 6.07 Å². The Bertz CT molecular complexity index is 767. The number of carbonyl (C=O) groups excluding carboxylic acids is 1. The number of hydrogen-bond donors (Lipinski definition) is 2. The van der Waals surface area contributed by atoms with Crippen LogP contribution in [0.4, 0.5) is 0 Å². The molecular formula is C16H22N4O3S. The molecule has 1 amide bonds. The van der Waals surface area contributed by atoms with Crippen LogP contribution < -0.4 is 10.0 Å². The molecule has 2 aliphatic rings. The molecule has 1 aromatic rings. The van der Waals surface area contributed by atoms with Crippen LogP contribution in [-0.4, -0.2) is 57.3 Å². The molecular weight excluding hydrogens is 328 g/mol. The molecule has 1 atom stereocenters. The summed E-state index contributed by atoms with van der Waals surface area (Å²) in [4.78, 5) is 18.9. The number of carbonyl (C=O) groups is 1. The Morgan fingerprint density at radius 2 is 2.00 bits per heavy atom. The standard InChI is InChI=1S/C16H22N4O3S/c1-11(16(21)20-9-7-12(17-2)8-10-20)18-15-13-5-3-4-6-14(13)24(22,23)19-15/h3-6,11-12,17H,7-10H2,1-2H3,(H,18,19). The molecule has 130 valence electrons. The van der Waals surface area contributed by atoms with E-state index in [0.717, 1.165) is 12.8 Å². The fraction of sp³-hybridized carbons (Fsp3) is 0.500. The lowest BCUT2D eigenvalue weighted by Gasteiger charge is -2.32. The molecule has 0 bridgehead atoms. The van der Waals surface area contributed by atoms with Gasteiger partial charge >= 0.3 is 0 Å². The summed E-state index contributed by atoms with van der Waals surface area (Å²) in [5.41, 5.74) is 0.519. The molecule has 7 nitrogen and oxygen atoms in total. The maximum absolute atomic E-state index is 12.6. The van der Waals surface area contributed by atoms with Crippen molar-refractivity contribution in [2.45, 2.75) is 36.7 Å². The summed E-state index contributed by atoms with van der Waals surface area (Å²) >= 11 is 0. The minimum absolute atomic E-state index is 0.0689. The average molecular weight is 350 g/mol. The number of benzene rings is 1. The van der Waals surface area contributed by atoms with E-state index >= 15 is 0 Å². The number of nitrogens with zero attached hydrogens (tertiary/aromatic N) is 2. The molecule has 0 aromatic heterocycles. The summed E-state index contributed by atoms with van der Waals surface area (Å²) in [6, 6.07) is 6.48. The zero-order chi connectivity index (χ0) is 17.3. The predicted octanol–water partition coefficient (Wildman–Crippen LogP) is 0.324. The van der Waals surface area contributed by atoms with Crippen molar-refractivity contribution in [3.63, 3.8) is 0 Å². The summed E-state index contributed by atoms with van der Waals surface area (Å²) in [7, 11) is -1.64. The van der Waals surface area contributed by atoms with Crippen molar-refractivity contribution in [1.29, 1.82) is 0 Å². The van der Waals surface area contributed by atoms with E-state index in [-0.39, 0.29) is 16.6 Å². The summed E-state index contributed by atoms with van der Waals surface area (Å²) in [6.07, 6.45) is 1.84. The first kappa shape index (κ1) is 16.9. The topological polar surface area (TPSA) is 90.9 Å². The van der Waals surface area contributed by atoms with Gasteiger partial charge in [0, 0.05) is 24.7 Å². The van der Waals surface area contributed by atoms with Crippen LogP contribution in [0.15, 0.2) is 34.2 Å². The van der Waals surface area contributed by atoms with Gasteiger partial charge in [0.15, 0.2) is 0 Å². The van der Waals surface area contributed by atoms with Crippen molar-refractivity contribution in [1.82, 2.24) is 14.9 Å². The van der Waals surface area contributed by atoms with Crippen LogP contribution in [0.5, 0.6) is 0 Å². The fourth-order valence-corrected chi connectivity index (χ4v) is 4.37. The van der Waals surface area contributed by atoms with Gasteiger partial charge in [-0.15, -0.1) is 0 Å². The summed E-state index contributed by atoms with van der Waals surface area (Å²) in [5, 5.41) is 3.23. The largest absolute Gasteiger partial charge is 0.341 e. The van der Waals surface area contributed by atoms with E-state index in [0.29, 0.717) is 24.7 Å². The lowest BCUT2D eigenvalue weighted by atomic mass is 10.0. The number of nitrogens with one attached hydrogen (secondary N) is 2. The highest BCUT2D eigenvalue weighted by molar-refractivity contribution is 7.90. The van der Waals surface area contributed by atoms with Gasteiger partial charge < -0.3 is 10.2 Å². The highest BCUT2D eigenvalue weighted by Gasteiger charge is 2.32. The number of hydrogen-bond acceptors (Lipinski definition) is 5. The van der Waals surface area contributed by atoms with Crippen LogP contribution in [0.25, 0.3) is 0 Å². The molecule has 1 aromatic carbocycles. The van der Waals surface area contributed by atoms with Crippen molar-refractivity contribution < 1.29 is 13.2 Å². The van der Waals surface area contributed by atoms with Crippen molar-refractivity contribution in [2.24, 2.45) is 4.99 Å². The molecule has 3 rings (SSSR count). The van der Waals surface area contributed by atoms with E-state index in [1.54, 1.807) is 30.0 Å². The normalized spacial score (nSPS) is 22.9. The van der Waals surface area contributed by atoms with E-state index in [9.17, 15) is 13.2 Å². The monoisotopic (exact) mass is 350 g/mol. The second-order valence-electron chi connectivity index (χ2n) is 6.14. The molecule has 0 saturated carbocycles. The summed E-state index contributed by atoms with van der Waals surface area (Å²) in [5.74, 6) is 0.178. The summed E-state index contributed by atoms with van der Waals surface area (Å²) < 4.78 is 26.6. The molecule has 24 heavy (non-hydrogen) atoms. The fourth-order valence-electron chi connectivity index (χ4n) is 3.13. The number of aliphatic imine (C=N–C) groups is 1. The first-order chi connectivity index (χ1) is 11.4. The SMILES string of the molecule is CNC1CCN(C(=O)C(C)N=C2NS(=O)(=O)c3ccccc32)CC1.